The zero-order valence-electron chi connectivity index (χ0n) is 11.2. The minimum Gasteiger partial charge on any atom is -0.478 e. The van der Waals surface area contributed by atoms with Crippen molar-refractivity contribution < 1.29 is 14.3 Å². The highest BCUT2D eigenvalue weighted by atomic mass is 19.1. The number of nitrogens with one attached hydrogen (secondary N) is 1. The van der Waals surface area contributed by atoms with Crippen LogP contribution in [0.15, 0.2) is 18.2 Å². The molecular weight excluding hydrogens is 233 g/mol. The number of hydrogen-bond donors (Lipinski definition) is 2. The molecule has 0 aromatic heterocycles. The van der Waals surface area contributed by atoms with Crippen LogP contribution in [0.4, 0.5) is 4.39 Å². The zero-order chi connectivity index (χ0) is 13.9. The Morgan fingerprint density at radius 3 is 2.50 bits per heavy atom. The molecule has 0 amide bonds. The smallest absolute Gasteiger partial charge is 0.338 e. The van der Waals surface area contributed by atoms with Gasteiger partial charge in [0.05, 0.1) is 5.56 Å². The van der Waals surface area contributed by atoms with Gasteiger partial charge in [-0.3, -0.25) is 0 Å². The third-order valence-corrected chi connectivity index (χ3v) is 3.18. The third-order valence-electron chi connectivity index (χ3n) is 3.18. The van der Waals surface area contributed by atoms with Gasteiger partial charge in [-0.2, -0.15) is 0 Å². The molecule has 0 saturated carbocycles. The third kappa shape index (κ3) is 3.81. The van der Waals surface area contributed by atoms with Crippen molar-refractivity contribution in [1.82, 2.24) is 5.32 Å². The molecule has 0 fully saturated rings. The van der Waals surface area contributed by atoms with E-state index in [1.54, 1.807) is 6.07 Å². The molecule has 4 heteroatoms. The highest BCUT2D eigenvalue weighted by molar-refractivity contribution is 5.87. The van der Waals surface area contributed by atoms with Crippen molar-refractivity contribution in [2.45, 2.75) is 40.3 Å². The molecule has 1 atom stereocenters. The van der Waals surface area contributed by atoms with Crippen LogP contribution >= 0.6 is 0 Å². The summed E-state index contributed by atoms with van der Waals surface area (Å²) in [5.74, 6) is -1.93. The van der Waals surface area contributed by atoms with Crippen molar-refractivity contribution in [2.75, 3.05) is 0 Å². The minimum atomic E-state index is -1.24. The molecule has 0 saturated heterocycles. The van der Waals surface area contributed by atoms with Crippen molar-refractivity contribution in [3.05, 3.63) is 35.1 Å². The Kier molecular flexibility index (Phi) is 4.46. The van der Waals surface area contributed by atoms with E-state index in [1.165, 1.54) is 12.1 Å². The monoisotopic (exact) mass is 253 g/mol. The van der Waals surface area contributed by atoms with E-state index in [1.807, 2.05) is 0 Å². The lowest BCUT2D eigenvalue weighted by molar-refractivity contribution is 0.0692. The lowest BCUT2D eigenvalue weighted by atomic mass is 9.88. The van der Waals surface area contributed by atoms with Gasteiger partial charge >= 0.3 is 5.97 Å². The highest BCUT2D eigenvalue weighted by Gasteiger charge is 2.19. The largest absolute Gasteiger partial charge is 0.478 e. The Labute approximate surface area is 107 Å². The molecule has 1 aromatic rings. The number of aromatic carboxylic acids is 1. The number of benzene rings is 1. The predicted octanol–water partition coefficient (Wildman–Crippen LogP) is 3.05. The van der Waals surface area contributed by atoms with E-state index in [0.717, 1.165) is 5.56 Å². The fourth-order valence-electron chi connectivity index (χ4n) is 1.42. The fourth-order valence-corrected chi connectivity index (χ4v) is 1.42. The maximum atomic E-state index is 13.5. The second kappa shape index (κ2) is 5.48. The Morgan fingerprint density at radius 1 is 1.44 bits per heavy atom. The normalized spacial score (nSPS) is 13.4. The molecule has 1 unspecified atom stereocenters. The molecule has 0 spiro atoms. The number of rotatable bonds is 4. The van der Waals surface area contributed by atoms with Gasteiger partial charge in [-0.1, -0.05) is 26.8 Å². The fraction of sp³-hybridized carbons (Fsp3) is 0.500. The first kappa shape index (κ1) is 14.6. The van der Waals surface area contributed by atoms with E-state index in [2.05, 4.69) is 33.0 Å². The van der Waals surface area contributed by atoms with Crippen LogP contribution < -0.4 is 5.32 Å². The van der Waals surface area contributed by atoms with Crippen LogP contribution in [0.2, 0.25) is 0 Å². The summed E-state index contributed by atoms with van der Waals surface area (Å²) in [5.41, 5.74) is 0.579. The van der Waals surface area contributed by atoms with Gasteiger partial charge in [-0.15, -0.1) is 0 Å². The van der Waals surface area contributed by atoms with E-state index in [4.69, 9.17) is 5.11 Å². The lowest BCUT2D eigenvalue weighted by Crippen LogP contribution is -2.37. The maximum absolute atomic E-state index is 13.5. The van der Waals surface area contributed by atoms with Gasteiger partial charge in [0.1, 0.15) is 5.82 Å². The summed E-state index contributed by atoms with van der Waals surface area (Å²) in [5, 5.41) is 12.0. The van der Waals surface area contributed by atoms with Crippen LogP contribution in [0.3, 0.4) is 0 Å². The summed E-state index contributed by atoms with van der Waals surface area (Å²) in [6.07, 6.45) is 0. The molecule has 1 rings (SSSR count). The molecule has 1 aromatic carbocycles. The van der Waals surface area contributed by atoms with Crippen LogP contribution in [-0.4, -0.2) is 17.1 Å². The topological polar surface area (TPSA) is 49.3 Å². The number of carbonyl (C=O) groups is 1. The van der Waals surface area contributed by atoms with E-state index in [9.17, 15) is 9.18 Å². The molecule has 100 valence electrons. The van der Waals surface area contributed by atoms with Gasteiger partial charge in [0.2, 0.25) is 0 Å². The van der Waals surface area contributed by atoms with E-state index in [-0.39, 0.29) is 17.0 Å². The molecule has 0 heterocycles. The second-order valence-electron chi connectivity index (χ2n) is 5.59. The first-order valence-electron chi connectivity index (χ1n) is 5.97. The second-order valence-corrected chi connectivity index (χ2v) is 5.59. The van der Waals surface area contributed by atoms with Crippen LogP contribution in [0, 0.1) is 11.2 Å². The van der Waals surface area contributed by atoms with Gasteiger partial charge in [0.25, 0.3) is 0 Å². The van der Waals surface area contributed by atoms with Crippen LogP contribution in [0.1, 0.15) is 43.6 Å². The quantitative estimate of drug-likeness (QED) is 0.867. The van der Waals surface area contributed by atoms with Crippen LogP contribution in [-0.2, 0) is 6.54 Å². The minimum absolute atomic E-state index is 0.125. The standard InChI is InChI=1S/C14H20FNO2/c1-9(14(2,3)4)16-8-10-5-6-11(13(17)18)12(15)7-10/h5-7,9,16H,8H2,1-4H3,(H,17,18). The SMILES string of the molecule is CC(NCc1ccc(C(=O)O)c(F)c1)C(C)(C)C. The molecule has 2 N–H and O–H groups in total. The molecule has 0 radical (unpaired) electrons. The first-order valence-corrected chi connectivity index (χ1v) is 5.97. The summed E-state index contributed by atoms with van der Waals surface area (Å²) >= 11 is 0. The molecule has 0 aliphatic heterocycles. The van der Waals surface area contributed by atoms with Crippen molar-refractivity contribution in [3.8, 4) is 0 Å². The van der Waals surface area contributed by atoms with E-state index in [0.29, 0.717) is 6.54 Å². The highest BCUT2D eigenvalue weighted by Crippen LogP contribution is 2.19. The number of halogens is 1. The molecule has 0 bridgehead atoms. The van der Waals surface area contributed by atoms with E-state index >= 15 is 0 Å². The van der Waals surface area contributed by atoms with Gasteiger partial charge < -0.3 is 10.4 Å². The van der Waals surface area contributed by atoms with Crippen molar-refractivity contribution >= 4 is 5.97 Å². The summed E-state index contributed by atoms with van der Waals surface area (Å²) in [7, 11) is 0. The number of carboxylic acid groups (broad SMARTS) is 1. The Bertz CT molecular complexity index is 438. The number of carboxylic acids is 1. The van der Waals surface area contributed by atoms with E-state index < -0.39 is 11.8 Å². The average molecular weight is 253 g/mol. The zero-order valence-corrected chi connectivity index (χ0v) is 11.2. The Hall–Kier alpha value is -1.42. The molecule has 18 heavy (non-hydrogen) atoms. The molecular formula is C14H20FNO2. The van der Waals surface area contributed by atoms with Crippen molar-refractivity contribution in [3.63, 3.8) is 0 Å². The van der Waals surface area contributed by atoms with Crippen LogP contribution in [0.25, 0.3) is 0 Å². The summed E-state index contributed by atoms with van der Waals surface area (Å²) in [6.45, 7) is 8.97. The summed E-state index contributed by atoms with van der Waals surface area (Å²) in [6, 6.07) is 4.48. The first-order chi connectivity index (χ1) is 8.21. The maximum Gasteiger partial charge on any atom is 0.338 e. The molecule has 3 nitrogen and oxygen atoms in total. The molecule has 0 aliphatic carbocycles. The van der Waals surface area contributed by atoms with Gasteiger partial charge in [-0.25, -0.2) is 9.18 Å². The Balaban J connectivity index is 2.70. The van der Waals surface area contributed by atoms with Gasteiger partial charge in [-0.05, 0) is 30.0 Å². The number of hydrogen-bond acceptors (Lipinski definition) is 2. The summed E-state index contributed by atoms with van der Waals surface area (Å²) < 4.78 is 13.5. The van der Waals surface area contributed by atoms with Crippen molar-refractivity contribution in [1.29, 1.82) is 0 Å². The van der Waals surface area contributed by atoms with Gasteiger partial charge in [0.15, 0.2) is 0 Å². The van der Waals surface area contributed by atoms with Crippen LogP contribution in [0.5, 0.6) is 0 Å². The molecule has 0 aliphatic rings. The average Bonchev–Trinajstić information content (AvgIpc) is 2.24. The summed E-state index contributed by atoms with van der Waals surface area (Å²) in [4.78, 5) is 10.7. The lowest BCUT2D eigenvalue weighted by Gasteiger charge is -2.28. The Morgan fingerprint density at radius 2 is 2.06 bits per heavy atom. The van der Waals surface area contributed by atoms with Gasteiger partial charge in [0, 0.05) is 12.6 Å². The van der Waals surface area contributed by atoms with Crippen molar-refractivity contribution in [2.24, 2.45) is 5.41 Å². The predicted molar refractivity (Wildman–Crippen MR) is 69.1 cm³/mol.